The van der Waals surface area contributed by atoms with Crippen LogP contribution >= 0.6 is 0 Å². The molecule has 4 heterocycles. The summed E-state index contributed by atoms with van der Waals surface area (Å²) in [7, 11) is 1.25. The number of rotatable bonds is 7. The van der Waals surface area contributed by atoms with E-state index in [9.17, 15) is 17.6 Å². The van der Waals surface area contributed by atoms with Crippen molar-refractivity contribution in [3.63, 3.8) is 0 Å². The summed E-state index contributed by atoms with van der Waals surface area (Å²) in [5.41, 5.74) is 13.7. The molecule has 1 atom stereocenters. The monoisotopic (exact) mass is 544 g/mol. The Morgan fingerprint density at radius 3 is 2.67 bits per heavy atom. The maximum Gasteiger partial charge on any atom is 0.240 e. The minimum atomic E-state index is -2.54. The van der Waals surface area contributed by atoms with Gasteiger partial charge in [-0.1, -0.05) is 0 Å². The Labute approximate surface area is 221 Å². The van der Waals surface area contributed by atoms with Crippen LogP contribution in [0.2, 0.25) is 0 Å². The predicted molar refractivity (Wildman–Crippen MR) is 139 cm³/mol. The number of hydrogen-bond donors (Lipinski definition) is 2. The van der Waals surface area contributed by atoms with Crippen LogP contribution in [0, 0.1) is 11.6 Å². The first kappa shape index (κ1) is 26.6. The predicted octanol–water partition coefficient (Wildman–Crippen LogP) is 4.15. The zero-order chi connectivity index (χ0) is 27.7. The molecule has 5 rings (SSSR count). The summed E-state index contributed by atoms with van der Waals surface area (Å²) in [6.45, 7) is 0.971. The highest BCUT2D eigenvalue weighted by Gasteiger charge is 2.34. The maximum absolute atomic E-state index is 15.0. The van der Waals surface area contributed by atoms with Gasteiger partial charge in [-0.3, -0.25) is 4.98 Å². The number of nitrogens with two attached hydrogens (primary N) is 2. The molecule has 3 aromatic heterocycles. The van der Waals surface area contributed by atoms with E-state index in [4.69, 9.17) is 16.2 Å². The third-order valence-electron chi connectivity index (χ3n) is 7.01. The van der Waals surface area contributed by atoms with Crippen LogP contribution in [-0.2, 0) is 6.54 Å². The van der Waals surface area contributed by atoms with Crippen molar-refractivity contribution >= 4 is 22.7 Å². The normalized spacial score (nSPS) is 18.1. The van der Waals surface area contributed by atoms with Crippen molar-refractivity contribution in [2.75, 3.05) is 30.8 Å². The molecule has 9 nitrogen and oxygen atoms in total. The summed E-state index contributed by atoms with van der Waals surface area (Å²) in [5, 5.41) is 0. The van der Waals surface area contributed by atoms with Crippen molar-refractivity contribution in [2.45, 2.75) is 44.2 Å². The first-order chi connectivity index (χ1) is 18.7. The highest BCUT2D eigenvalue weighted by atomic mass is 19.3. The van der Waals surface area contributed by atoms with Crippen molar-refractivity contribution < 1.29 is 22.3 Å². The summed E-state index contributed by atoms with van der Waals surface area (Å²) in [5.74, 6) is -1.45. The smallest absolute Gasteiger partial charge is 0.240 e. The van der Waals surface area contributed by atoms with E-state index in [-0.39, 0.29) is 35.9 Å². The molecule has 13 heteroatoms. The van der Waals surface area contributed by atoms with Crippen LogP contribution in [-0.4, -0.2) is 56.7 Å². The molecule has 0 aliphatic carbocycles. The Bertz CT molecular complexity index is 1500. The fourth-order valence-corrected chi connectivity index (χ4v) is 5.13. The first-order valence-corrected chi connectivity index (χ1v) is 12.4. The van der Waals surface area contributed by atoms with E-state index in [0.717, 1.165) is 18.6 Å². The molecule has 4 N–H and O–H groups in total. The lowest BCUT2D eigenvalue weighted by molar-refractivity contribution is 0.103. The maximum atomic E-state index is 15.0. The Balaban J connectivity index is 1.61. The highest BCUT2D eigenvalue weighted by molar-refractivity contribution is 5.81. The Morgan fingerprint density at radius 1 is 1.08 bits per heavy atom. The fraction of sp³-hybridized carbons (Fsp3) is 0.385. The van der Waals surface area contributed by atoms with E-state index < -0.39 is 30.0 Å². The van der Waals surface area contributed by atoms with Gasteiger partial charge >= 0.3 is 0 Å². The van der Waals surface area contributed by atoms with Crippen molar-refractivity contribution in [3.05, 3.63) is 54.2 Å². The summed E-state index contributed by atoms with van der Waals surface area (Å²) >= 11 is 0. The zero-order valence-electron chi connectivity index (χ0n) is 21.2. The van der Waals surface area contributed by atoms with Gasteiger partial charge in [0.1, 0.15) is 17.7 Å². The molecule has 0 bridgehead atoms. The lowest BCUT2D eigenvalue weighted by Gasteiger charge is -2.35. The minimum absolute atomic E-state index is 0.0510. The molecule has 0 amide bonds. The van der Waals surface area contributed by atoms with Crippen molar-refractivity contribution in [1.82, 2.24) is 24.5 Å². The standard InChI is InChI=1S/C26H28F4N8O/c1-39-21-8-17(27)16(7-18(21)28)19-6-15(11-38-14-36-23-24(31)34-13-35-25(23)38)20(10-33-19)37-5-3-2-4-26(32,12-37)9-22(29)30/h6-8,10,13-14,22H,2-5,9,11-12,32H2,1H3,(H2,31,34,35)/t26-/m0/s1. The largest absolute Gasteiger partial charge is 0.494 e. The van der Waals surface area contributed by atoms with Gasteiger partial charge in [0, 0.05) is 36.7 Å². The van der Waals surface area contributed by atoms with Crippen molar-refractivity contribution in [1.29, 1.82) is 0 Å². The molecule has 206 valence electrons. The van der Waals surface area contributed by atoms with Crippen LogP contribution in [0.5, 0.6) is 5.75 Å². The number of imidazole rings is 1. The van der Waals surface area contributed by atoms with Gasteiger partial charge in [0.25, 0.3) is 0 Å². The second kappa shape index (κ2) is 10.6. The number of fused-ring (bicyclic) bond motifs is 1. The van der Waals surface area contributed by atoms with Gasteiger partial charge < -0.3 is 25.7 Å². The lowest BCUT2D eigenvalue weighted by atomic mass is 9.91. The summed E-state index contributed by atoms with van der Waals surface area (Å²) in [4.78, 5) is 18.9. The molecule has 1 aliphatic heterocycles. The van der Waals surface area contributed by atoms with E-state index in [2.05, 4.69) is 19.9 Å². The SMILES string of the molecule is COc1cc(F)c(-c2cc(Cn3cnc4c(N)ncnc43)c(N3CCCC[C@](N)(CC(F)F)C3)cn2)cc1F. The number of methoxy groups -OCH3 is 1. The van der Waals surface area contributed by atoms with Crippen molar-refractivity contribution in [2.24, 2.45) is 5.73 Å². The molecule has 0 radical (unpaired) electrons. The summed E-state index contributed by atoms with van der Waals surface area (Å²) in [6, 6.07) is 3.64. The molecule has 39 heavy (non-hydrogen) atoms. The van der Waals surface area contributed by atoms with Crippen molar-refractivity contribution in [3.8, 4) is 17.0 Å². The second-order valence-corrected chi connectivity index (χ2v) is 9.80. The van der Waals surface area contributed by atoms with E-state index in [0.29, 0.717) is 41.8 Å². The Kier molecular flexibility index (Phi) is 7.25. The van der Waals surface area contributed by atoms with Gasteiger partial charge in [-0.2, -0.15) is 0 Å². The van der Waals surface area contributed by atoms with Crippen LogP contribution in [0.4, 0.5) is 29.1 Å². The number of halogens is 4. The number of ether oxygens (including phenoxy) is 1. The second-order valence-electron chi connectivity index (χ2n) is 9.80. The Hall–Kier alpha value is -4.00. The molecular formula is C26H28F4N8O. The average molecular weight is 545 g/mol. The number of aromatic nitrogens is 5. The Morgan fingerprint density at radius 2 is 1.90 bits per heavy atom. The van der Waals surface area contributed by atoms with E-state index >= 15 is 0 Å². The summed E-state index contributed by atoms with van der Waals surface area (Å²) < 4.78 is 62.9. The van der Waals surface area contributed by atoms with Crippen LogP contribution < -0.4 is 21.1 Å². The quantitative estimate of drug-likeness (QED) is 0.333. The van der Waals surface area contributed by atoms with Gasteiger partial charge in [-0.05, 0) is 37.0 Å². The molecular weight excluding hydrogens is 516 g/mol. The van der Waals surface area contributed by atoms with Gasteiger partial charge in [-0.25, -0.2) is 32.5 Å². The minimum Gasteiger partial charge on any atom is -0.494 e. The van der Waals surface area contributed by atoms with Crippen LogP contribution in [0.1, 0.15) is 31.2 Å². The van der Waals surface area contributed by atoms with Gasteiger partial charge in [0.05, 0.1) is 37.6 Å². The topological polar surface area (TPSA) is 121 Å². The molecule has 4 aromatic rings. The molecule has 0 saturated carbocycles. The molecule has 1 aliphatic rings. The highest BCUT2D eigenvalue weighted by Crippen LogP contribution is 2.34. The number of alkyl halides is 2. The van der Waals surface area contributed by atoms with E-state index in [1.807, 2.05) is 4.90 Å². The van der Waals surface area contributed by atoms with E-state index in [1.165, 1.54) is 13.4 Å². The average Bonchev–Trinajstić information content (AvgIpc) is 3.20. The third kappa shape index (κ3) is 5.44. The van der Waals surface area contributed by atoms with Gasteiger partial charge in [0.2, 0.25) is 6.43 Å². The summed E-state index contributed by atoms with van der Waals surface area (Å²) in [6.07, 6.45) is 3.38. The number of nitrogen functional groups attached to an aromatic ring is 1. The van der Waals surface area contributed by atoms with E-state index in [1.54, 1.807) is 23.2 Å². The fourth-order valence-electron chi connectivity index (χ4n) is 5.13. The van der Waals surface area contributed by atoms with Crippen LogP contribution in [0.3, 0.4) is 0 Å². The van der Waals surface area contributed by atoms with Gasteiger partial charge in [-0.15, -0.1) is 0 Å². The molecule has 1 saturated heterocycles. The lowest BCUT2D eigenvalue weighted by Crippen LogP contribution is -2.50. The number of hydrogen-bond acceptors (Lipinski definition) is 8. The number of anilines is 2. The molecule has 0 spiro atoms. The molecule has 1 fully saturated rings. The number of benzene rings is 1. The van der Waals surface area contributed by atoms with Gasteiger partial charge in [0.15, 0.2) is 23.0 Å². The molecule has 0 unspecified atom stereocenters. The molecule has 1 aromatic carbocycles. The third-order valence-corrected chi connectivity index (χ3v) is 7.01. The van der Waals surface area contributed by atoms with Crippen LogP contribution in [0.25, 0.3) is 22.4 Å². The number of nitrogens with zero attached hydrogens (tertiary/aromatic N) is 6. The van der Waals surface area contributed by atoms with Crippen LogP contribution in [0.15, 0.2) is 37.1 Å². The zero-order valence-corrected chi connectivity index (χ0v) is 21.2. The first-order valence-electron chi connectivity index (χ1n) is 12.4. The number of pyridine rings is 1.